The zero-order valence-corrected chi connectivity index (χ0v) is 10.9. The molecule has 0 radical (unpaired) electrons. The Hall–Kier alpha value is -1.42. The molecule has 0 spiro atoms. The Morgan fingerprint density at radius 1 is 1.56 bits per heavy atom. The molecule has 1 aromatic heterocycles. The van der Waals surface area contributed by atoms with Gasteiger partial charge < -0.3 is 10.6 Å². The molecule has 0 aromatic carbocycles. The number of nitrogens with zero attached hydrogens (tertiary/aromatic N) is 1. The van der Waals surface area contributed by atoms with Crippen molar-refractivity contribution in [3.05, 3.63) is 24.0 Å². The van der Waals surface area contributed by atoms with E-state index in [2.05, 4.69) is 15.6 Å². The number of aryl methyl sites for hydroxylation is 1. The minimum absolute atomic E-state index is 0.0819. The average molecular weight is 247 g/mol. The number of carbonyl (C=O) groups is 1. The first kappa shape index (κ1) is 13.0. The molecule has 1 saturated heterocycles. The largest absolute Gasteiger partial charge is 0.325 e. The van der Waals surface area contributed by atoms with Crippen LogP contribution in [0, 0.1) is 6.92 Å². The van der Waals surface area contributed by atoms with E-state index < -0.39 is 0 Å². The Labute approximate surface area is 108 Å². The summed E-state index contributed by atoms with van der Waals surface area (Å²) in [6.07, 6.45) is 8.66. The summed E-state index contributed by atoms with van der Waals surface area (Å²) in [4.78, 5) is 15.9. The van der Waals surface area contributed by atoms with Crippen LogP contribution in [0.3, 0.4) is 0 Å². The molecule has 0 saturated carbocycles. The fraction of sp³-hybridized carbons (Fsp3) is 0.571. The molecule has 1 fully saturated rings. The first-order valence-corrected chi connectivity index (χ1v) is 6.69. The number of anilines is 1. The highest BCUT2D eigenvalue weighted by atomic mass is 16.1. The molecule has 1 aromatic rings. The summed E-state index contributed by atoms with van der Waals surface area (Å²) in [5, 5.41) is 6.38. The molecule has 2 rings (SSSR count). The molecule has 1 amide bonds. The standard InChI is InChI=1S/C14H21N3O/c1-11-7-9-15-10-13(11)17-14(18)6-5-12-4-2-3-8-16-12/h7,9-10,12,16H,2-6,8H2,1H3,(H,17,18). The predicted molar refractivity (Wildman–Crippen MR) is 72.5 cm³/mol. The number of pyridine rings is 1. The van der Waals surface area contributed by atoms with Gasteiger partial charge in [0.2, 0.25) is 5.91 Å². The highest BCUT2D eigenvalue weighted by molar-refractivity contribution is 5.91. The first-order chi connectivity index (χ1) is 8.75. The van der Waals surface area contributed by atoms with Crippen molar-refractivity contribution in [1.82, 2.24) is 10.3 Å². The Bertz CT molecular complexity index is 400. The number of aromatic nitrogens is 1. The van der Waals surface area contributed by atoms with Crippen molar-refractivity contribution in [3.63, 3.8) is 0 Å². The molecule has 0 aliphatic carbocycles. The van der Waals surface area contributed by atoms with Gasteiger partial charge in [-0.2, -0.15) is 0 Å². The molecule has 2 heterocycles. The zero-order valence-electron chi connectivity index (χ0n) is 10.9. The molecule has 1 aliphatic heterocycles. The number of carbonyl (C=O) groups excluding carboxylic acids is 1. The lowest BCUT2D eigenvalue weighted by Gasteiger charge is -2.23. The topological polar surface area (TPSA) is 54.0 Å². The fourth-order valence-corrected chi connectivity index (χ4v) is 2.28. The second-order valence-corrected chi connectivity index (χ2v) is 4.92. The van der Waals surface area contributed by atoms with Crippen molar-refractivity contribution in [1.29, 1.82) is 0 Å². The van der Waals surface area contributed by atoms with Gasteiger partial charge in [0.1, 0.15) is 0 Å². The summed E-state index contributed by atoms with van der Waals surface area (Å²) < 4.78 is 0. The molecule has 2 N–H and O–H groups in total. The van der Waals surface area contributed by atoms with Gasteiger partial charge in [0.25, 0.3) is 0 Å². The molecule has 98 valence electrons. The quantitative estimate of drug-likeness (QED) is 0.858. The highest BCUT2D eigenvalue weighted by Crippen LogP contribution is 2.14. The van der Waals surface area contributed by atoms with E-state index in [1.165, 1.54) is 19.3 Å². The van der Waals surface area contributed by atoms with Crippen LogP contribution in [0.4, 0.5) is 5.69 Å². The molecule has 4 heteroatoms. The highest BCUT2D eigenvalue weighted by Gasteiger charge is 2.14. The van der Waals surface area contributed by atoms with Crippen molar-refractivity contribution >= 4 is 11.6 Å². The average Bonchev–Trinajstić information content (AvgIpc) is 2.40. The summed E-state index contributed by atoms with van der Waals surface area (Å²) in [5.41, 5.74) is 1.87. The van der Waals surface area contributed by atoms with Gasteiger partial charge in [0.05, 0.1) is 11.9 Å². The molecule has 4 nitrogen and oxygen atoms in total. The second kappa shape index (κ2) is 6.50. The van der Waals surface area contributed by atoms with Crippen molar-refractivity contribution in [2.45, 2.75) is 45.1 Å². The van der Waals surface area contributed by atoms with Crippen molar-refractivity contribution < 1.29 is 4.79 Å². The molecule has 1 aliphatic rings. The van der Waals surface area contributed by atoms with E-state index in [9.17, 15) is 4.79 Å². The van der Waals surface area contributed by atoms with Gasteiger partial charge in [-0.05, 0) is 44.4 Å². The maximum absolute atomic E-state index is 11.8. The molecule has 1 unspecified atom stereocenters. The Kier molecular flexibility index (Phi) is 4.70. The minimum atomic E-state index is 0.0819. The molecular formula is C14H21N3O. The predicted octanol–water partition coefficient (Wildman–Crippen LogP) is 2.25. The van der Waals surface area contributed by atoms with Crippen LogP contribution in [-0.4, -0.2) is 23.5 Å². The normalized spacial score (nSPS) is 19.5. The smallest absolute Gasteiger partial charge is 0.224 e. The van der Waals surface area contributed by atoms with Crippen LogP contribution in [0.25, 0.3) is 0 Å². The molecule has 0 bridgehead atoms. The third-order valence-corrected chi connectivity index (χ3v) is 3.45. The molecular weight excluding hydrogens is 226 g/mol. The van der Waals surface area contributed by atoms with E-state index in [0.717, 1.165) is 24.2 Å². The van der Waals surface area contributed by atoms with Crippen LogP contribution in [0.5, 0.6) is 0 Å². The number of hydrogen-bond donors (Lipinski definition) is 2. The summed E-state index contributed by atoms with van der Waals surface area (Å²) in [6, 6.07) is 2.41. The number of rotatable bonds is 4. The summed E-state index contributed by atoms with van der Waals surface area (Å²) in [7, 11) is 0. The Morgan fingerprint density at radius 3 is 3.17 bits per heavy atom. The molecule has 18 heavy (non-hydrogen) atoms. The van der Waals surface area contributed by atoms with Gasteiger partial charge in [-0.25, -0.2) is 0 Å². The number of amides is 1. The number of nitrogens with one attached hydrogen (secondary N) is 2. The van der Waals surface area contributed by atoms with Crippen molar-refractivity contribution in [2.75, 3.05) is 11.9 Å². The third-order valence-electron chi connectivity index (χ3n) is 3.45. The van der Waals surface area contributed by atoms with E-state index in [4.69, 9.17) is 0 Å². The van der Waals surface area contributed by atoms with E-state index >= 15 is 0 Å². The van der Waals surface area contributed by atoms with Crippen LogP contribution in [0.2, 0.25) is 0 Å². The van der Waals surface area contributed by atoms with Gasteiger partial charge in [0, 0.05) is 18.7 Å². The van der Waals surface area contributed by atoms with Crippen LogP contribution >= 0.6 is 0 Å². The fourth-order valence-electron chi connectivity index (χ4n) is 2.28. The van der Waals surface area contributed by atoms with Crippen molar-refractivity contribution in [3.8, 4) is 0 Å². The van der Waals surface area contributed by atoms with Gasteiger partial charge >= 0.3 is 0 Å². The van der Waals surface area contributed by atoms with E-state index in [1.807, 2.05) is 13.0 Å². The Morgan fingerprint density at radius 2 is 2.44 bits per heavy atom. The summed E-state index contributed by atoms with van der Waals surface area (Å²) in [6.45, 7) is 3.06. The lowest BCUT2D eigenvalue weighted by atomic mass is 10.0. The van der Waals surface area contributed by atoms with Crippen LogP contribution < -0.4 is 10.6 Å². The van der Waals surface area contributed by atoms with E-state index in [1.54, 1.807) is 12.4 Å². The van der Waals surface area contributed by atoms with Crippen LogP contribution in [0.1, 0.15) is 37.7 Å². The summed E-state index contributed by atoms with van der Waals surface area (Å²) in [5.74, 6) is 0.0819. The minimum Gasteiger partial charge on any atom is -0.325 e. The maximum atomic E-state index is 11.8. The van der Waals surface area contributed by atoms with Crippen LogP contribution in [-0.2, 0) is 4.79 Å². The summed E-state index contributed by atoms with van der Waals surface area (Å²) >= 11 is 0. The number of piperidine rings is 1. The third kappa shape index (κ3) is 3.81. The zero-order chi connectivity index (χ0) is 12.8. The van der Waals surface area contributed by atoms with Gasteiger partial charge in [-0.3, -0.25) is 9.78 Å². The Balaban J connectivity index is 1.76. The molecule has 1 atom stereocenters. The SMILES string of the molecule is Cc1ccncc1NC(=O)CCC1CCCCN1. The lowest BCUT2D eigenvalue weighted by Crippen LogP contribution is -2.34. The van der Waals surface area contributed by atoms with Gasteiger partial charge in [-0.15, -0.1) is 0 Å². The van der Waals surface area contributed by atoms with E-state index in [-0.39, 0.29) is 5.91 Å². The van der Waals surface area contributed by atoms with E-state index in [0.29, 0.717) is 12.5 Å². The monoisotopic (exact) mass is 247 g/mol. The van der Waals surface area contributed by atoms with Gasteiger partial charge in [0.15, 0.2) is 0 Å². The lowest BCUT2D eigenvalue weighted by molar-refractivity contribution is -0.116. The van der Waals surface area contributed by atoms with Crippen LogP contribution in [0.15, 0.2) is 18.5 Å². The van der Waals surface area contributed by atoms with Gasteiger partial charge in [-0.1, -0.05) is 6.42 Å². The number of hydrogen-bond acceptors (Lipinski definition) is 3. The maximum Gasteiger partial charge on any atom is 0.224 e. The van der Waals surface area contributed by atoms with Crippen molar-refractivity contribution in [2.24, 2.45) is 0 Å². The second-order valence-electron chi connectivity index (χ2n) is 4.92. The first-order valence-electron chi connectivity index (χ1n) is 6.69.